The molecular formula is C30H40N6O6S. The molecule has 3 aliphatic rings. The second-order valence-electron chi connectivity index (χ2n) is 10.6. The molecule has 0 saturated carbocycles. The molecule has 1 fully saturated rings. The number of primary amides is 1. The van der Waals surface area contributed by atoms with Crippen LogP contribution >= 0.6 is 0 Å². The number of ether oxygens (including phenoxy) is 2. The third-order valence-electron chi connectivity index (χ3n) is 7.58. The van der Waals surface area contributed by atoms with Gasteiger partial charge < -0.3 is 25.5 Å². The Hall–Kier alpha value is -4.13. The van der Waals surface area contributed by atoms with Gasteiger partial charge in [0.2, 0.25) is 10.0 Å². The minimum absolute atomic E-state index is 0.0255. The first-order valence-electron chi connectivity index (χ1n) is 14.4. The van der Waals surface area contributed by atoms with Gasteiger partial charge in [0.25, 0.3) is 5.91 Å². The van der Waals surface area contributed by atoms with Crippen molar-refractivity contribution in [3.05, 3.63) is 58.8 Å². The quantitative estimate of drug-likeness (QED) is 0.363. The fraction of sp³-hybridized carbons (Fsp3) is 0.467. The second-order valence-corrected chi connectivity index (χ2v) is 12.5. The molecule has 0 spiro atoms. The van der Waals surface area contributed by atoms with Crippen molar-refractivity contribution < 1.29 is 27.5 Å². The number of piperidine rings is 1. The fourth-order valence-electron chi connectivity index (χ4n) is 5.34. The summed E-state index contributed by atoms with van der Waals surface area (Å²) in [7, 11) is -3.74. The van der Waals surface area contributed by atoms with E-state index in [0.29, 0.717) is 23.4 Å². The van der Waals surface area contributed by atoms with Gasteiger partial charge in [0.1, 0.15) is 11.9 Å². The molecule has 4 N–H and O–H groups in total. The molecule has 2 amide bonds. The van der Waals surface area contributed by atoms with Crippen LogP contribution in [0, 0.1) is 5.41 Å². The number of nitrogens with two attached hydrogens (primary N) is 1. The monoisotopic (exact) mass is 612 g/mol. The van der Waals surface area contributed by atoms with E-state index in [1.807, 2.05) is 6.08 Å². The predicted molar refractivity (Wildman–Crippen MR) is 166 cm³/mol. The number of likely N-dealkylation sites (tertiary alicyclic amines) is 1. The summed E-state index contributed by atoms with van der Waals surface area (Å²) >= 11 is 0. The van der Waals surface area contributed by atoms with E-state index in [-0.39, 0.29) is 36.2 Å². The molecule has 1 saturated heterocycles. The molecule has 0 radical (unpaired) electrons. The highest BCUT2D eigenvalue weighted by molar-refractivity contribution is 7.92. The van der Waals surface area contributed by atoms with Gasteiger partial charge in [0, 0.05) is 45.3 Å². The lowest BCUT2D eigenvalue weighted by atomic mass is 9.94. The Morgan fingerprint density at radius 1 is 1.28 bits per heavy atom. The number of nitrogens with zero attached hydrogens (tertiary/aromatic N) is 3. The number of alkyl carbamates (subject to hydrolysis) is 1. The fourth-order valence-corrected chi connectivity index (χ4v) is 6.19. The van der Waals surface area contributed by atoms with Crippen LogP contribution in [-0.2, 0) is 14.8 Å². The van der Waals surface area contributed by atoms with Gasteiger partial charge in [-0.3, -0.25) is 19.4 Å². The smallest absolute Gasteiger partial charge is 0.411 e. The van der Waals surface area contributed by atoms with E-state index in [1.54, 1.807) is 38.1 Å². The molecule has 0 atom stereocenters. The topological polar surface area (TPSA) is 167 Å². The maximum absolute atomic E-state index is 12.8. The summed E-state index contributed by atoms with van der Waals surface area (Å²) in [5, 5.41) is 10.8. The van der Waals surface area contributed by atoms with Gasteiger partial charge in [-0.15, -0.1) is 0 Å². The highest BCUT2D eigenvalue weighted by Crippen LogP contribution is 2.30. The van der Waals surface area contributed by atoms with E-state index in [1.165, 1.54) is 10.4 Å². The summed E-state index contributed by atoms with van der Waals surface area (Å²) in [5.41, 5.74) is 8.09. The Kier molecular flexibility index (Phi) is 10.3. The van der Waals surface area contributed by atoms with Crippen molar-refractivity contribution in [1.29, 1.82) is 5.41 Å². The minimum Gasteiger partial charge on any atom is -0.489 e. The van der Waals surface area contributed by atoms with Crippen molar-refractivity contribution in [2.75, 3.05) is 43.3 Å². The minimum atomic E-state index is -3.74. The Morgan fingerprint density at radius 2 is 2.02 bits per heavy atom. The summed E-state index contributed by atoms with van der Waals surface area (Å²) in [4.78, 5) is 31.2. The molecule has 2 aliphatic heterocycles. The number of anilines is 1. The van der Waals surface area contributed by atoms with Crippen molar-refractivity contribution >= 4 is 39.3 Å². The lowest BCUT2D eigenvalue weighted by Gasteiger charge is -2.34. The SMILES string of the molecule is CCOC(=O)NC1=C(C)C(/C=C/CN(c2ccc(OC3CCN(C4=NCCC4)CC3)c(C(N)=O)c2)S(C)(=O)=O)=CCC1=N. The number of hydrogen-bond donors (Lipinski definition) is 3. The van der Waals surface area contributed by atoms with E-state index in [2.05, 4.69) is 15.2 Å². The van der Waals surface area contributed by atoms with Crippen molar-refractivity contribution in [3.63, 3.8) is 0 Å². The summed E-state index contributed by atoms with van der Waals surface area (Å²) < 4.78 is 37.9. The number of rotatable bonds is 10. The molecule has 232 valence electrons. The Bertz CT molecular complexity index is 1490. The van der Waals surface area contributed by atoms with Crippen LogP contribution in [0.5, 0.6) is 5.75 Å². The average Bonchev–Trinajstić information content (AvgIpc) is 3.50. The Morgan fingerprint density at radius 3 is 2.65 bits per heavy atom. The highest BCUT2D eigenvalue weighted by Gasteiger charge is 2.26. The Labute approximate surface area is 252 Å². The summed E-state index contributed by atoms with van der Waals surface area (Å²) in [6.07, 6.45) is 9.55. The molecule has 12 nitrogen and oxygen atoms in total. The number of carbonyl (C=O) groups is 2. The summed E-state index contributed by atoms with van der Waals surface area (Å²) in [6, 6.07) is 4.65. The zero-order chi connectivity index (χ0) is 31.1. The maximum Gasteiger partial charge on any atom is 0.411 e. The molecular weight excluding hydrogens is 572 g/mol. The number of hydrogen-bond acceptors (Lipinski definition) is 9. The van der Waals surface area contributed by atoms with Crippen LogP contribution in [0.1, 0.15) is 56.3 Å². The molecule has 4 rings (SSSR count). The molecule has 2 heterocycles. The highest BCUT2D eigenvalue weighted by atomic mass is 32.2. The number of nitrogens with one attached hydrogen (secondary N) is 2. The molecule has 0 unspecified atom stereocenters. The van der Waals surface area contributed by atoms with Gasteiger partial charge in [0.15, 0.2) is 0 Å². The molecule has 1 aromatic rings. The number of sulfonamides is 1. The van der Waals surface area contributed by atoms with Crippen LogP contribution in [0.2, 0.25) is 0 Å². The third kappa shape index (κ3) is 8.04. The first kappa shape index (κ1) is 31.8. The molecule has 43 heavy (non-hydrogen) atoms. The van der Waals surface area contributed by atoms with E-state index in [9.17, 15) is 18.0 Å². The van der Waals surface area contributed by atoms with Crippen molar-refractivity contribution in [3.8, 4) is 5.75 Å². The van der Waals surface area contributed by atoms with E-state index in [4.69, 9.17) is 20.6 Å². The predicted octanol–water partition coefficient (Wildman–Crippen LogP) is 3.51. The first-order valence-corrected chi connectivity index (χ1v) is 16.3. The van der Waals surface area contributed by atoms with Crippen LogP contribution in [0.3, 0.4) is 0 Å². The lowest BCUT2D eigenvalue weighted by Crippen LogP contribution is -2.41. The summed E-state index contributed by atoms with van der Waals surface area (Å²) in [5.74, 6) is 0.777. The van der Waals surface area contributed by atoms with Crippen LogP contribution in [0.4, 0.5) is 10.5 Å². The summed E-state index contributed by atoms with van der Waals surface area (Å²) in [6.45, 7) is 6.18. The van der Waals surface area contributed by atoms with Gasteiger partial charge in [-0.05, 0) is 49.6 Å². The van der Waals surface area contributed by atoms with Crippen LogP contribution < -0.4 is 20.1 Å². The molecule has 0 aromatic heterocycles. The van der Waals surface area contributed by atoms with Crippen LogP contribution in [0.25, 0.3) is 0 Å². The van der Waals surface area contributed by atoms with Crippen LogP contribution in [0.15, 0.2) is 58.3 Å². The molecule has 1 aliphatic carbocycles. The molecule has 0 bridgehead atoms. The van der Waals surface area contributed by atoms with Gasteiger partial charge in [-0.2, -0.15) is 0 Å². The second kappa shape index (κ2) is 13.9. The van der Waals surface area contributed by atoms with Gasteiger partial charge in [0.05, 0.1) is 47.9 Å². The molecule has 13 heteroatoms. The Balaban J connectivity index is 1.48. The zero-order valence-corrected chi connectivity index (χ0v) is 25.7. The first-order chi connectivity index (χ1) is 20.5. The normalized spacial score (nSPS) is 18.0. The van der Waals surface area contributed by atoms with Gasteiger partial charge in [-0.1, -0.05) is 18.2 Å². The average molecular weight is 613 g/mol. The van der Waals surface area contributed by atoms with Crippen molar-refractivity contribution in [2.45, 2.75) is 52.1 Å². The molecule has 1 aromatic carbocycles. The number of aliphatic imine (C=N–C) groups is 1. The lowest BCUT2D eigenvalue weighted by molar-refractivity contribution is 0.0982. The standard InChI is InChI=1S/C30H40N6O6S/c1-4-41-30(38)34-28-20(2)21(9-11-25(28)31)7-6-16-36(43(3,39)40)22-10-12-26(24(19-22)29(32)37)42-23-13-17-35(18-14-23)27-8-5-15-33-27/h6-7,9-10,12,19,23,31H,4-5,8,11,13-18H2,1-3H3,(H2,32,37)(H,34,38)/b7-6+,31-25?. The number of allylic oxidation sites excluding steroid dienone is 5. The number of benzene rings is 1. The van der Waals surface area contributed by atoms with Crippen LogP contribution in [-0.4, -0.2) is 82.0 Å². The van der Waals surface area contributed by atoms with E-state index in [0.717, 1.165) is 63.0 Å². The third-order valence-corrected chi connectivity index (χ3v) is 8.74. The maximum atomic E-state index is 12.8. The number of carbonyl (C=O) groups excluding carboxylic acids is 2. The van der Waals surface area contributed by atoms with E-state index < -0.39 is 22.0 Å². The van der Waals surface area contributed by atoms with E-state index >= 15 is 0 Å². The zero-order valence-electron chi connectivity index (χ0n) is 24.9. The number of amidine groups is 1. The van der Waals surface area contributed by atoms with Crippen molar-refractivity contribution in [1.82, 2.24) is 10.2 Å². The van der Waals surface area contributed by atoms with Gasteiger partial charge in [-0.25, -0.2) is 13.2 Å². The van der Waals surface area contributed by atoms with Gasteiger partial charge >= 0.3 is 6.09 Å². The van der Waals surface area contributed by atoms with Crippen molar-refractivity contribution in [2.24, 2.45) is 10.7 Å². The largest absolute Gasteiger partial charge is 0.489 e. The number of amides is 2.